The molecular weight excluding hydrogens is 232 g/mol. The van der Waals surface area contributed by atoms with Crippen LogP contribution in [0.15, 0.2) is 16.7 Å². The lowest BCUT2D eigenvalue weighted by Gasteiger charge is -1.96. The van der Waals surface area contributed by atoms with E-state index in [1.807, 2.05) is 13.0 Å². The molecular formula is C8H9BrN4. The fourth-order valence-electron chi connectivity index (χ4n) is 1.25. The quantitative estimate of drug-likeness (QED) is 0.828. The van der Waals surface area contributed by atoms with E-state index in [4.69, 9.17) is 5.73 Å². The molecule has 0 aliphatic carbocycles. The molecule has 2 rings (SSSR count). The first-order chi connectivity index (χ1) is 6.22. The zero-order chi connectivity index (χ0) is 9.42. The van der Waals surface area contributed by atoms with Gasteiger partial charge in [0.1, 0.15) is 5.82 Å². The predicted molar refractivity (Wildman–Crippen MR) is 55.3 cm³/mol. The lowest BCUT2D eigenvalue weighted by molar-refractivity contribution is 0.676. The smallest absolute Gasteiger partial charge is 0.183 e. The van der Waals surface area contributed by atoms with Gasteiger partial charge in [-0.15, -0.1) is 0 Å². The van der Waals surface area contributed by atoms with Gasteiger partial charge in [0.25, 0.3) is 0 Å². The number of nitrogens with two attached hydrogens (primary N) is 1. The van der Waals surface area contributed by atoms with Crippen LogP contribution in [0.1, 0.15) is 6.92 Å². The van der Waals surface area contributed by atoms with E-state index in [0.29, 0.717) is 11.5 Å². The van der Waals surface area contributed by atoms with Gasteiger partial charge in [-0.2, -0.15) is 5.10 Å². The van der Waals surface area contributed by atoms with Crippen molar-refractivity contribution in [3.63, 3.8) is 0 Å². The highest BCUT2D eigenvalue weighted by Crippen LogP contribution is 2.21. The van der Waals surface area contributed by atoms with Crippen LogP contribution in [-0.4, -0.2) is 14.8 Å². The Kier molecular flexibility index (Phi) is 1.95. The molecule has 0 aromatic carbocycles. The van der Waals surface area contributed by atoms with Gasteiger partial charge in [-0.05, 0) is 28.9 Å². The lowest BCUT2D eigenvalue weighted by atomic mass is 10.3. The SMILES string of the molecule is CCn1nc2ncc(Br)cc2c1N. The lowest BCUT2D eigenvalue weighted by Crippen LogP contribution is -2.01. The second-order valence-electron chi connectivity index (χ2n) is 2.73. The van der Waals surface area contributed by atoms with Gasteiger partial charge in [-0.25, -0.2) is 9.67 Å². The van der Waals surface area contributed by atoms with Crippen molar-refractivity contribution in [2.45, 2.75) is 13.5 Å². The highest BCUT2D eigenvalue weighted by molar-refractivity contribution is 9.10. The number of aromatic nitrogens is 3. The Labute approximate surface area is 83.9 Å². The maximum absolute atomic E-state index is 5.86. The summed E-state index contributed by atoms with van der Waals surface area (Å²) in [5.41, 5.74) is 6.55. The molecule has 2 heterocycles. The second-order valence-corrected chi connectivity index (χ2v) is 3.64. The van der Waals surface area contributed by atoms with Crippen molar-refractivity contribution >= 4 is 32.8 Å². The molecule has 0 unspecified atom stereocenters. The molecule has 0 aliphatic heterocycles. The summed E-state index contributed by atoms with van der Waals surface area (Å²) < 4.78 is 2.66. The Hall–Kier alpha value is -1.10. The molecule has 68 valence electrons. The molecule has 0 spiro atoms. The van der Waals surface area contributed by atoms with E-state index in [-0.39, 0.29) is 0 Å². The average Bonchev–Trinajstić information content (AvgIpc) is 2.44. The van der Waals surface area contributed by atoms with Crippen molar-refractivity contribution in [1.29, 1.82) is 0 Å². The second kappa shape index (κ2) is 2.99. The van der Waals surface area contributed by atoms with Gasteiger partial charge in [0, 0.05) is 17.2 Å². The van der Waals surface area contributed by atoms with Crippen molar-refractivity contribution in [2.75, 3.05) is 5.73 Å². The first-order valence-electron chi connectivity index (χ1n) is 4.00. The Balaban J connectivity index is 2.77. The Morgan fingerprint density at radius 2 is 2.38 bits per heavy atom. The number of fused-ring (bicyclic) bond motifs is 1. The van der Waals surface area contributed by atoms with Gasteiger partial charge in [0.2, 0.25) is 0 Å². The molecule has 2 N–H and O–H groups in total. The highest BCUT2D eigenvalue weighted by atomic mass is 79.9. The number of nitrogens with zero attached hydrogens (tertiary/aromatic N) is 3. The standard InChI is InChI=1S/C8H9BrN4/c1-2-13-7(10)6-3-5(9)4-11-8(6)12-13/h3-4H,2,10H2,1H3. The van der Waals surface area contributed by atoms with Crippen LogP contribution in [0.25, 0.3) is 11.0 Å². The van der Waals surface area contributed by atoms with E-state index in [0.717, 1.165) is 16.4 Å². The Morgan fingerprint density at radius 1 is 1.62 bits per heavy atom. The number of nitrogen functional groups attached to an aromatic ring is 1. The van der Waals surface area contributed by atoms with Gasteiger partial charge in [0.05, 0.1) is 5.39 Å². The number of aryl methyl sites for hydroxylation is 1. The van der Waals surface area contributed by atoms with Crippen LogP contribution >= 0.6 is 15.9 Å². The van der Waals surface area contributed by atoms with Gasteiger partial charge in [-0.1, -0.05) is 0 Å². The van der Waals surface area contributed by atoms with Gasteiger partial charge in [0.15, 0.2) is 5.65 Å². The summed E-state index contributed by atoms with van der Waals surface area (Å²) in [7, 11) is 0. The normalized spacial score (nSPS) is 10.9. The van der Waals surface area contributed by atoms with E-state index in [1.54, 1.807) is 10.9 Å². The molecule has 0 radical (unpaired) electrons. The molecule has 2 aromatic rings. The van der Waals surface area contributed by atoms with E-state index >= 15 is 0 Å². The Morgan fingerprint density at radius 3 is 3.08 bits per heavy atom. The molecule has 0 amide bonds. The van der Waals surface area contributed by atoms with E-state index in [2.05, 4.69) is 26.0 Å². The number of pyridine rings is 1. The average molecular weight is 241 g/mol. The number of anilines is 1. The summed E-state index contributed by atoms with van der Waals surface area (Å²) in [6.07, 6.45) is 1.72. The molecule has 2 aromatic heterocycles. The van der Waals surface area contributed by atoms with E-state index < -0.39 is 0 Å². The van der Waals surface area contributed by atoms with Gasteiger partial charge in [-0.3, -0.25) is 0 Å². The number of halogens is 1. The molecule has 0 aliphatic rings. The Bertz CT molecular complexity index is 449. The zero-order valence-corrected chi connectivity index (χ0v) is 8.74. The minimum Gasteiger partial charge on any atom is -0.383 e. The minimum absolute atomic E-state index is 0.673. The van der Waals surface area contributed by atoms with Crippen LogP contribution in [0.2, 0.25) is 0 Å². The molecule has 5 heteroatoms. The molecule has 0 atom stereocenters. The first-order valence-corrected chi connectivity index (χ1v) is 4.79. The largest absolute Gasteiger partial charge is 0.383 e. The number of rotatable bonds is 1. The van der Waals surface area contributed by atoms with E-state index in [1.165, 1.54) is 0 Å². The zero-order valence-electron chi connectivity index (χ0n) is 7.16. The fourth-order valence-corrected chi connectivity index (χ4v) is 1.58. The summed E-state index contributed by atoms with van der Waals surface area (Å²) in [4.78, 5) is 4.15. The summed E-state index contributed by atoms with van der Waals surface area (Å²) in [5.74, 6) is 0.673. The molecule has 0 fully saturated rings. The summed E-state index contributed by atoms with van der Waals surface area (Å²) >= 11 is 3.34. The van der Waals surface area contributed by atoms with Crippen molar-refractivity contribution < 1.29 is 0 Å². The third kappa shape index (κ3) is 1.29. The van der Waals surface area contributed by atoms with Crippen molar-refractivity contribution in [1.82, 2.24) is 14.8 Å². The summed E-state index contributed by atoms with van der Waals surface area (Å²) in [6.45, 7) is 2.76. The molecule has 4 nitrogen and oxygen atoms in total. The van der Waals surface area contributed by atoms with Crippen molar-refractivity contribution in [3.8, 4) is 0 Å². The van der Waals surface area contributed by atoms with E-state index in [9.17, 15) is 0 Å². The highest BCUT2D eigenvalue weighted by Gasteiger charge is 2.07. The summed E-state index contributed by atoms with van der Waals surface area (Å²) in [6, 6.07) is 1.93. The van der Waals surface area contributed by atoms with Crippen LogP contribution in [-0.2, 0) is 6.54 Å². The van der Waals surface area contributed by atoms with Gasteiger partial charge < -0.3 is 5.73 Å². The fraction of sp³-hybridized carbons (Fsp3) is 0.250. The van der Waals surface area contributed by atoms with Gasteiger partial charge >= 0.3 is 0 Å². The maximum atomic E-state index is 5.86. The third-order valence-electron chi connectivity index (χ3n) is 1.90. The van der Waals surface area contributed by atoms with Crippen molar-refractivity contribution in [3.05, 3.63) is 16.7 Å². The predicted octanol–water partition coefficient (Wildman–Crippen LogP) is 1.80. The topological polar surface area (TPSA) is 56.7 Å². The molecule has 0 bridgehead atoms. The molecule has 0 saturated carbocycles. The van der Waals surface area contributed by atoms with Crippen molar-refractivity contribution in [2.24, 2.45) is 0 Å². The first kappa shape index (κ1) is 8.50. The van der Waals surface area contributed by atoms with Crippen LogP contribution in [0.5, 0.6) is 0 Å². The van der Waals surface area contributed by atoms with Crippen LogP contribution in [0.4, 0.5) is 5.82 Å². The monoisotopic (exact) mass is 240 g/mol. The molecule has 13 heavy (non-hydrogen) atoms. The van der Waals surface area contributed by atoms with Crippen LogP contribution in [0, 0.1) is 0 Å². The molecule has 0 saturated heterocycles. The third-order valence-corrected chi connectivity index (χ3v) is 2.34. The number of hydrogen-bond acceptors (Lipinski definition) is 3. The van der Waals surface area contributed by atoms with Crippen LogP contribution < -0.4 is 5.73 Å². The maximum Gasteiger partial charge on any atom is 0.183 e. The number of hydrogen-bond donors (Lipinski definition) is 1. The summed E-state index contributed by atoms with van der Waals surface area (Å²) in [5, 5.41) is 5.13. The van der Waals surface area contributed by atoms with Crippen LogP contribution in [0.3, 0.4) is 0 Å². The minimum atomic E-state index is 0.673.